The maximum absolute atomic E-state index is 4.12. The van der Waals surface area contributed by atoms with Crippen molar-refractivity contribution in [1.29, 1.82) is 0 Å². The van der Waals surface area contributed by atoms with Crippen molar-refractivity contribution >= 4 is 15.9 Å². The molecule has 0 unspecified atom stereocenters. The fraction of sp³-hybridized carbons (Fsp3) is 0.500. The molecule has 0 radical (unpaired) electrons. The third-order valence-electron chi connectivity index (χ3n) is 1.71. The van der Waals surface area contributed by atoms with Gasteiger partial charge in [-0.1, -0.05) is 0 Å². The van der Waals surface area contributed by atoms with Gasteiger partial charge in [-0.25, -0.2) is 4.98 Å². The van der Waals surface area contributed by atoms with Gasteiger partial charge in [-0.15, -0.1) is 0 Å². The molecular weight excluding hydrogens is 180 g/mol. The van der Waals surface area contributed by atoms with Gasteiger partial charge in [0.15, 0.2) is 0 Å². The van der Waals surface area contributed by atoms with Crippen LogP contribution in [0.25, 0.3) is 0 Å². The summed E-state index contributed by atoms with van der Waals surface area (Å²) in [5, 5.41) is 0. The third-order valence-corrected chi connectivity index (χ3v) is 2.37. The average Bonchev–Trinajstić information content (AvgIpc) is 2.35. The molecule has 0 aliphatic carbocycles. The summed E-state index contributed by atoms with van der Waals surface area (Å²) in [6.45, 7) is 1.15. The Balaban J connectivity index is 2.56. The van der Waals surface area contributed by atoms with E-state index in [2.05, 4.69) is 25.5 Å². The highest BCUT2D eigenvalue weighted by Crippen LogP contribution is 2.21. The van der Waals surface area contributed by atoms with Crippen LogP contribution in [0.3, 0.4) is 0 Å². The van der Waals surface area contributed by atoms with E-state index in [1.54, 1.807) is 0 Å². The Kier molecular flexibility index (Phi) is 1.12. The Bertz CT molecular complexity index is 229. The highest BCUT2D eigenvalue weighted by Gasteiger charge is 2.13. The molecule has 0 atom stereocenters. The van der Waals surface area contributed by atoms with Crippen molar-refractivity contribution in [2.75, 3.05) is 0 Å². The van der Waals surface area contributed by atoms with Gasteiger partial charge in [0, 0.05) is 6.54 Å². The first-order valence-corrected chi connectivity index (χ1v) is 3.87. The lowest BCUT2D eigenvalue weighted by molar-refractivity contribution is 0.741. The molecular formula is C6H7BrN2. The van der Waals surface area contributed by atoms with Gasteiger partial charge in [0.25, 0.3) is 0 Å². The van der Waals surface area contributed by atoms with Gasteiger partial charge < -0.3 is 4.57 Å². The van der Waals surface area contributed by atoms with Crippen molar-refractivity contribution in [1.82, 2.24) is 9.55 Å². The molecule has 3 heteroatoms. The highest BCUT2D eigenvalue weighted by atomic mass is 79.9. The number of halogens is 1. The van der Waals surface area contributed by atoms with E-state index in [9.17, 15) is 0 Å². The first-order valence-electron chi connectivity index (χ1n) is 3.07. The molecule has 0 bridgehead atoms. The summed E-state index contributed by atoms with van der Waals surface area (Å²) >= 11 is 3.39. The van der Waals surface area contributed by atoms with Gasteiger partial charge in [-0.05, 0) is 28.8 Å². The Hall–Kier alpha value is -0.310. The molecule has 1 aliphatic rings. The van der Waals surface area contributed by atoms with Crippen LogP contribution in [0.4, 0.5) is 0 Å². The van der Waals surface area contributed by atoms with Crippen molar-refractivity contribution in [3.63, 3.8) is 0 Å². The number of fused-ring (bicyclic) bond motifs is 1. The van der Waals surface area contributed by atoms with Crippen LogP contribution in [-0.2, 0) is 13.0 Å². The molecule has 2 heterocycles. The van der Waals surface area contributed by atoms with Gasteiger partial charge in [-0.3, -0.25) is 0 Å². The molecule has 0 spiro atoms. The number of aromatic nitrogens is 2. The second-order valence-corrected chi connectivity index (χ2v) is 3.03. The van der Waals surface area contributed by atoms with E-state index in [0.29, 0.717) is 0 Å². The van der Waals surface area contributed by atoms with E-state index in [1.807, 2.05) is 6.33 Å². The summed E-state index contributed by atoms with van der Waals surface area (Å²) in [6, 6.07) is 0. The normalized spacial score (nSPS) is 16.1. The molecule has 0 N–H and O–H groups in total. The summed E-state index contributed by atoms with van der Waals surface area (Å²) in [6.07, 6.45) is 4.35. The number of imidazole rings is 1. The first-order chi connectivity index (χ1) is 4.38. The van der Waals surface area contributed by atoms with Crippen LogP contribution in [0.1, 0.15) is 12.1 Å². The minimum Gasteiger partial charge on any atom is -0.333 e. The lowest BCUT2D eigenvalue weighted by Crippen LogP contribution is -1.87. The largest absolute Gasteiger partial charge is 0.333 e. The topological polar surface area (TPSA) is 17.8 Å². The van der Waals surface area contributed by atoms with E-state index in [1.165, 1.54) is 18.5 Å². The van der Waals surface area contributed by atoms with Crippen molar-refractivity contribution in [3.05, 3.63) is 16.6 Å². The highest BCUT2D eigenvalue weighted by molar-refractivity contribution is 9.10. The fourth-order valence-corrected chi connectivity index (χ4v) is 1.76. The zero-order chi connectivity index (χ0) is 6.27. The molecule has 48 valence electrons. The van der Waals surface area contributed by atoms with E-state index < -0.39 is 0 Å². The summed E-state index contributed by atoms with van der Waals surface area (Å²) in [7, 11) is 0. The van der Waals surface area contributed by atoms with Crippen molar-refractivity contribution in [2.45, 2.75) is 19.4 Å². The maximum Gasteiger partial charge on any atom is 0.127 e. The smallest absolute Gasteiger partial charge is 0.127 e. The quantitative estimate of drug-likeness (QED) is 0.603. The summed E-state index contributed by atoms with van der Waals surface area (Å²) in [4.78, 5) is 4.12. The van der Waals surface area contributed by atoms with E-state index in [-0.39, 0.29) is 0 Å². The van der Waals surface area contributed by atoms with Gasteiger partial charge in [-0.2, -0.15) is 0 Å². The Morgan fingerprint density at radius 1 is 1.67 bits per heavy atom. The second-order valence-electron chi connectivity index (χ2n) is 2.28. The maximum atomic E-state index is 4.12. The van der Waals surface area contributed by atoms with Crippen LogP contribution < -0.4 is 0 Å². The fourth-order valence-electron chi connectivity index (χ4n) is 1.24. The number of hydrogen-bond donors (Lipinski definition) is 0. The Morgan fingerprint density at radius 3 is 3.33 bits per heavy atom. The molecule has 0 fully saturated rings. The van der Waals surface area contributed by atoms with Gasteiger partial charge >= 0.3 is 0 Å². The lowest BCUT2D eigenvalue weighted by atomic mass is 10.3. The van der Waals surface area contributed by atoms with Crippen LogP contribution in [0.5, 0.6) is 0 Å². The molecule has 0 aromatic carbocycles. The molecule has 0 saturated heterocycles. The van der Waals surface area contributed by atoms with Crippen LogP contribution in [0.2, 0.25) is 0 Å². The summed E-state index contributed by atoms with van der Waals surface area (Å²) in [5.74, 6) is 0. The molecule has 2 rings (SSSR count). The average molecular weight is 187 g/mol. The lowest BCUT2D eigenvalue weighted by Gasteiger charge is -1.89. The minimum absolute atomic E-state index is 1.03. The zero-order valence-electron chi connectivity index (χ0n) is 4.97. The predicted octanol–water partition coefficient (Wildman–Crippen LogP) is 1.59. The zero-order valence-corrected chi connectivity index (χ0v) is 6.56. The molecule has 9 heavy (non-hydrogen) atoms. The summed E-state index contributed by atoms with van der Waals surface area (Å²) in [5.41, 5.74) is 1.36. The molecule has 1 aliphatic heterocycles. The predicted molar refractivity (Wildman–Crippen MR) is 38.2 cm³/mol. The Morgan fingerprint density at radius 2 is 2.56 bits per heavy atom. The van der Waals surface area contributed by atoms with Crippen LogP contribution in [0.15, 0.2) is 10.9 Å². The number of rotatable bonds is 0. The van der Waals surface area contributed by atoms with E-state index in [0.717, 1.165) is 11.1 Å². The number of aryl methyl sites for hydroxylation is 1. The SMILES string of the molecule is Brc1ncn2c1CCC2. The van der Waals surface area contributed by atoms with Crippen LogP contribution in [0, 0.1) is 0 Å². The first kappa shape index (κ1) is 5.47. The standard InChI is InChI=1S/C6H7BrN2/c7-6-5-2-1-3-9(5)4-8-6/h4H,1-3H2. The number of hydrogen-bond acceptors (Lipinski definition) is 1. The molecule has 1 aromatic rings. The van der Waals surface area contributed by atoms with Crippen molar-refractivity contribution in [2.24, 2.45) is 0 Å². The van der Waals surface area contributed by atoms with Crippen LogP contribution >= 0.6 is 15.9 Å². The molecule has 2 nitrogen and oxygen atoms in total. The van der Waals surface area contributed by atoms with Gasteiger partial charge in [0.05, 0.1) is 12.0 Å². The van der Waals surface area contributed by atoms with Crippen molar-refractivity contribution in [3.8, 4) is 0 Å². The third kappa shape index (κ3) is 0.713. The van der Waals surface area contributed by atoms with Gasteiger partial charge in [0.2, 0.25) is 0 Å². The molecule has 0 amide bonds. The second kappa shape index (κ2) is 1.84. The van der Waals surface area contributed by atoms with E-state index in [4.69, 9.17) is 0 Å². The number of nitrogens with zero attached hydrogens (tertiary/aromatic N) is 2. The molecule has 1 aromatic heterocycles. The van der Waals surface area contributed by atoms with Crippen LogP contribution in [-0.4, -0.2) is 9.55 Å². The van der Waals surface area contributed by atoms with Crippen molar-refractivity contribution < 1.29 is 0 Å². The van der Waals surface area contributed by atoms with E-state index >= 15 is 0 Å². The minimum atomic E-state index is 1.03. The summed E-state index contributed by atoms with van der Waals surface area (Å²) < 4.78 is 3.23. The Labute approximate surface area is 62.0 Å². The van der Waals surface area contributed by atoms with Gasteiger partial charge in [0.1, 0.15) is 4.60 Å². The monoisotopic (exact) mass is 186 g/mol. The molecule has 0 saturated carbocycles.